The molecule has 0 N–H and O–H groups in total. The van der Waals surface area contributed by atoms with Gasteiger partial charge in [0, 0.05) is 0 Å². The monoisotopic (exact) mass is 390 g/mol. The third-order valence-corrected chi connectivity index (χ3v) is 11.4. The minimum atomic E-state index is -2.79. The maximum Gasteiger partial charge on any atom is 0.276 e. The number of hydrogen-bond donors (Lipinski definition) is 0. The van der Waals surface area contributed by atoms with Crippen LogP contribution < -0.4 is 10.4 Å². The molecular weight excluding hydrogens is 378 g/mol. The number of rotatable bonds is 2. The Kier molecular flexibility index (Phi) is 5.08. The molecular formula is C16H14Cl4OSi. The average Bonchev–Trinajstić information content (AvgIpc) is 2.58. The van der Waals surface area contributed by atoms with Gasteiger partial charge in [0.1, 0.15) is 5.56 Å². The molecule has 0 bridgehead atoms. The Balaban J connectivity index is 2.20. The van der Waals surface area contributed by atoms with Crippen molar-refractivity contribution >= 4 is 65.1 Å². The molecule has 2 aromatic carbocycles. The minimum Gasteiger partial charge on any atom is -0.389 e. The van der Waals surface area contributed by atoms with E-state index in [-0.39, 0.29) is 0 Å². The molecule has 1 aliphatic heterocycles. The molecule has 0 amide bonds. The van der Waals surface area contributed by atoms with Crippen molar-refractivity contribution in [2.45, 2.75) is 21.3 Å². The van der Waals surface area contributed by atoms with E-state index in [4.69, 9.17) is 50.8 Å². The molecule has 0 aromatic heterocycles. The molecule has 22 heavy (non-hydrogen) atoms. The summed E-state index contributed by atoms with van der Waals surface area (Å²) in [5.41, 5.74) is -0.675. The molecule has 1 nitrogen and oxygen atoms in total. The lowest BCUT2D eigenvalue weighted by Crippen LogP contribution is -2.74. The van der Waals surface area contributed by atoms with Crippen LogP contribution in [-0.4, -0.2) is 29.6 Å². The van der Waals surface area contributed by atoms with Gasteiger partial charge in [0.2, 0.25) is 0 Å². The van der Waals surface area contributed by atoms with Crippen molar-refractivity contribution in [2.75, 3.05) is 0 Å². The van der Waals surface area contributed by atoms with E-state index < -0.39 is 29.6 Å². The SMILES string of the molecule is ClC1O[Si](c2ccccc2)(c2ccccc2)C(Cl)C(Cl)C1Cl. The van der Waals surface area contributed by atoms with Crippen molar-refractivity contribution in [1.82, 2.24) is 0 Å². The zero-order valence-electron chi connectivity index (χ0n) is 11.5. The van der Waals surface area contributed by atoms with Crippen LogP contribution in [0.4, 0.5) is 0 Å². The van der Waals surface area contributed by atoms with Gasteiger partial charge in [0.05, 0.1) is 15.8 Å². The van der Waals surface area contributed by atoms with E-state index in [0.29, 0.717) is 0 Å². The fourth-order valence-electron chi connectivity index (χ4n) is 2.83. The highest BCUT2D eigenvalue weighted by Gasteiger charge is 2.57. The highest BCUT2D eigenvalue weighted by atomic mass is 35.5. The molecule has 1 fully saturated rings. The number of alkyl halides is 4. The predicted octanol–water partition coefficient (Wildman–Crippen LogP) is 3.70. The molecule has 3 rings (SSSR count). The first-order valence-corrected chi connectivity index (χ1v) is 10.7. The van der Waals surface area contributed by atoms with E-state index in [0.717, 1.165) is 10.4 Å². The Labute approximate surface area is 151 Å². The fraction of sp³-hybridized carbons (Fsp3) is 0.250. The summed E-state index contributed by atoms with van der Waals surface area (Å²) < 4.78 is 6.30. The van der Waals surface area contributed by atoms with Crippen molar-refractivity contribution in [3.05, 3.63) is 60.7 Å². The third kappa shape index (κ3) is 2.70. The molecule has 0 spiro atoms. The summed E-state index contributed by atoms with van der Waals surface area (Å²) in [6, 6.07) is 19.9. The molecule has 0 aliphatic carbocycles. The van der Waals surface area contributed by atoms with E-state index in [1.54, 1.807) is 0 Å². The summed E-state index contributed by atoms with van der Waals surface area (Å²) in [6.45, 7) is 0. The molecule has 0 radical (unpaired) electrons. The van der Waals surface area contributed by atoms with Crippen LogP contribution in [0.15, 0.2) is 60.7 Å². The van der Waals surface area contributed by atoms with Crippen LogP contribution in [0.1, 0.15) is 0 Å². The second-order valence-electron chi connectivity index (χ2n) is 5.23. The topological polar surface area (TPSA) is 9.23 Å². The van der Waals surface area contributed by atoms with Gasteiger partial charge in [-0.15, -0.1) is 34.8 Å². The maximum atomic E-state index is 6.78. The van der Waals surface area contributed by atoms with E-state index in [1.165, 1.54) is 0 Å². The number of benzene rings is 2. The molecule has 2 aromatic rings. The van der Waals surface area contributed by atoms with E-state index >= 15 is 0 Å². The second kappa shape index (κ2) is 6.72. The Bertz CT molecular complexity index is 585. The molecule has 0 saturated carbocycles. The Morgan fingerprint density at radius 2 is 1.14 bits per heavy atom. The minimum absolute atomic E-state index is 0.420. The van der Waals surface area contributed by atoms with Crippen LogP contribution in [0.2, 0.25) is 0 Å². The quantitative estimate of drug-likeness (QED) is 0.560. The number of halogens is 4. The van der Waals surface area contributed by atoms with E-state index in [9.17, 15) is 0 Å². The summed E-state index contributed by atoms with van der Waals surface area (Å²) >= 11 is 25.9. The first-order chi connectivity index (χ1) is 10.6. The third-order valence-electron chi connectivity index (χ3n) is 3.93. The van der Waals surface area contributed by atoms with E-state index in [2.05, 4.69) is 0 Å². The van der Waals surface area contributed by atoms with Gasteiger partial charge in [-0.2, -0.15) is 0 Å². The Morgan fingerprint density at radius 3 is 1.59 bits per heavy atom. The van der Waals surface area contributed by atoms with Gasteiger partial charge in [-0.3, -0.25) is 0 Å². The van der Waals surface area contributed by atoms with Crippen LogP contribution >= 0.6 is 46.4 Å². The number of hydrogen-bond acceptors (Lipinski definition) is 1. The zero-order valence-corrected chi connectivity index (χ0v) is 15.5. The van der Waals surface area contributed by atoms with Gasteiger partial charge >= 0.3 is 0 Å². The van der Waals surface area contributed by atoms with Crippen LogP contribution in [0, 0.1) is 0 Å². The van der Waals surface area contributed by atoms with Gasteiger partial charge in [0.15, 0.2) is 0 Å². The summed E-state index contributed by atoms with van der Waals surface area (Å²) in [5, 5.41) is 0.671. The maximum absolute atomic E-state index is 6.78. The van der Waals surface area contributed by atoms with Gasteiger partial charge in [-0.05, 0) is 10.4 Å². The molecule has 1 saturated heterocycles. The van der Waals surface area contributed by atoms with Crippen molar-refractivity contribution in [3.63, 3.8) is 0 Å². The van der Waals surface area contributed by atoms with Crippen molar-refractivity contribution < 1.29 is 4.43 Å². The molecule has 4 atom stereocenters. The summed E-state index contributed by atoms with van der Waals surface area (Å²) in [5.74, 6) is 0. The van der Waals surface area contributed by atoms with Crippen LogP contribution in [0.25, 0.3) is 0 Å². The highest BCUT2D eigenvalue weighted by Crippen LogP contribution is 2.37. The van der Waals surface area contributed by atoms with Crippen LogP contribution in [-0.2, 0) is 4.43 Å². The highest BCUT2D eigenvalue weighted by molar-refractivity contribution is 7.03. The van der Waals surface area contributed by atoms with Crippen molar-refractivity contribution in [3.8, 4) is 0 Å². The van der Waals surface area contributed by atoms with Crippen LogP contribution in [0.3, 0.4) is 0 Å². The Hall–Kier alpha value is -0.223. The average molecular weight is 392 g/mol. The Morgan fingerprint density at radius 1 is 0.682 bits per heavy atom. The molecule has 6 heteroatoms. The van der Waals surface area contributed by atoms with Gasteiger partial charge in [-0.25, -0.2) is 0 Å². The molecule has 1 aliphatic rings. The van der Waals surface area contributed by atoms with E-state index in [1.807, 2.05) is 60.7 Å². The van der Waals surface area contributed by atoms with Gasteiger partial charge in [0.25, 0.3) is 8.32 Å². The largest absolute Gasteiger partial charge is 0.389 e. The van der Waals surface area contributed by atoms with Crippen LogP contribution in [0.5, 0.6) is 0 Å². The molecule has 1 heterocycles. The lowest BCUT2D eigenvalue weighted by Gasteiger charge is -2.45. The van der Waals surface area contributed by atoms with Crippen molar-refractivity contribution in [1.29, 1.82) is 0 Å². The molecule has 116 valence electrons. The second-order valence-corrected chi connectivity index (χ2v) is 11.0. The van der Waals surface area contributed by atoms with Gasteiger partial charge < -0.3 is 4.43 Å². The summed E-state index contributed by atoms with van der Waals surface area (Å²) in [4.78, 5) is 0. The normalized spacial score (nSPS) is 30.9. The first kappa shape index (κ1) is 16.6. The van der Waals surface area contributed by atoms with Gasteiger partial charge in [-0.1, -0.05) is 72.3 Å². The first-order valence-electron chi connectivity index (χ1n) is 6.92. The molecule has 4 unspecified atom stereocenters. The fourth-order valence-corrected chi connectivity index (χ4v) is 9.60. The smallest absolute Gasteiger partial charge is 0.276 e. The lowest BCUT2D eigenvalue weighted by atomic mass is 10.3. The predicted molar refractivity (Wildman–Crippen MR) is 97.6 cm³/mol. The summed E-state index contributed by atoms with van der Waals surface area (Å²) in [7, 11) is -2.79. The van der Waals surface area contributed by atoms with Crippen molar-refractivity contribution in [2.24, 2.45) is 0 Å². The summed E-state index contributed by atoms with van der Waals surface area (Å²) in [6.07, 6.45) is 0. The lowest BCUT2D eigenvalue weighted by molar-refractivity contribution is 0.246. The zero-order chi connectivity index (χ0) is 15.7. The standard InChI is InChI=1S/C16H14Cl4OSi/c17-13-14(18)16(20)22(21-15(13)19,11-7-3-1-4-8-11)12-9-5-2-6-10-12/h1-10,13-16H.